The molecule has 0 aliphatic carbocycles. The number of hydrogen-bond acceptors (Lipinski definition) is 4. The quantitative estimate of drug-likeness (QED) is 0.480. The summed E-state index contributed by atoms with van der Waals surface area (Å²) in [6, 6.07) is 1.93. The smallest absolute Gasteiger partial charge is 0.100 e. The average molecular weight is 147 g/mol. The third-order valence-electron chi connectivity index (χ3n) is 0.580. The standard InChI is InChI=1S/C3H5N.C3H8O3/c1-2-3-4;4-1-3(6)2-5/h2H2,1H3;3-6H,1-2H2. The van der Waals surface area contributed by atoms with Gasteiger partial charge in [0.15, 0.2) is 0 Å². The Kier molecular flexibility index (Phi) is 13.5. The van der Waals surface area contributed by atoms with E-state index < -0.39 is 6.10 Å². The largest absolute Gasteiger partial charge is 0.394 e. The Morgan fingerprint density at radius 1 is 1.40 bits per heavy atom. The molecule has 0 aromatic heterocycles. The Hall–Kier alpha value is -0.630. The second-order valence-corrected chi connectivity index (χ2v) is 1.53. The second-order valence-electron chi connectivity index (χ2n) is 1.53. The van der Waals surface area contributed by atoms with Gasteiger partial charge in [0.25, 0.3) is 0 Å². The molecule has 60 valence electrons. The average Bonchev–Trinajstić information content (AvgIpc) is 2.03. The molecule has 0 saturated carbocycles. The highest BCUT2D eigenvalue weighted by molar-refractivity contribution is 4.61. The summed E-state index contributed by atoms with van der Waals surface area (Å²) in [5.74, 6) is 0. The molecule has 0 aliphatic rings. The molecule has 0 spiro atoms. The molecular formula is C6H13NO3. The predicted octanol–water partition coefficient (Wildman–Crippen LogP) is -0.748. The van der Waals surface area contributed by atoms with Crippen molar-refractivity contribution >= 4 is 0 Å². The molecule has 0 heterocycles. The van der Waals surface area contributed by atoms with Crippen LogP contribution in [0, 0.1) is 11.3 Å². The molecule has 0 aromatic carbocycles. The molecule has 0 fully saturated rings. The summed E-state index contributed by atoms with van der Waals surface area (Å²) in [4.78, 5) is 0. The molecule has 0 amide bonds. The Labute approximate surface area is 60.3 Å². The van der Waals surface area contributed by atoms with E-state index in [9.17, 15) is 0 Å². The van der Waals surface area contributed by atoms with Gasteiger partial charge in [-0.25, -0.2) is 0 Å². The van der Waals surface area contributed by atoms with Crippen LogP contribution in [0.2, 0.25) is 0 Å². The first-order valence-corrected chi connectivity index (χ1v) is 2.99. The van der Waals surface area contributed by atoms with Crippen LogP contribution in [-0.4, -0.2) is 34.6 Å². The maximum Gasteiger partial charge on any atom is 0.100 e. The van der Waals surface area contributed by atoms with E-state index >= 15 is 0 Å². The van der Waals surface area contributed by atoms with Gasteiger partial charge in [0.2, 0.25) is 0 Å². The number of nitrogens with zero attached hydrogens (tertiary/aromatic N) is 1. The number of nitriles is 1. The van der Waals surface area contributed by atoms with Crippen molar-refractivity contribution in [2.24, 2.45) is 0 Å². The van der Waals surface area contributed by atoms with Crippen molar-refractivity contribution in [2.45, 2.75) is 19.4 Å². The van der Waals surface area contributed by atoms with Crippen molar-refractivity contribution in [3.63, 3.8) is 0 Å². The van der Waals surface area contributed by atoms with Gasteiger partial charge in [-0.15, -0.1) is 0 Å². The first kappa shape index (κ1) is 12.1. The van der Waals surface area contributed by atoms with Crippen LogP contribution >= 0.6 is 0 Å². The zero-order valence-corrected chi connectivity index (χ0v) is 5.99. The number of aliphatic hydroxyl groups is 3. The summed E-state index contributed by atoms with van der Waals surface area (Å²) < 4.78 is 0. The van der Waals surface area contributed by atoms with E-state index in [-0.39, 0.29) is 13.2 Å². The molecule has 0 unspecified atom stereocenters. The summed E-state index contributed by atoms with van der Waals surface area (Å²) in [7, 11) is 0. The maximum atomic E-state index is 8.17. The fourth-order valence-corrected chi connectivity index (χ4v) is 0.0577. The highest BCUT2D eigenvalue weighted by atomic mass is 16.3. The SMILES string of the molecule is CCC#N.OCC(O)CO. The van der Waals surface area contributed by atoms with Crippen molar-refractivity contribution in [3.8, 4) is 6.07 Å². The highest BCUT2D eigenvalue weighted by Crippen LogP contribution is 1.71. The zero-order valence-electron chi connectivity index (χ0n) is 5.99. The van der Waals surface area contributed by atoms with Gasteiger partial charge in [-0.05, 0) is 0 Å². The lowest BCUT2D eigenvalue weighted by atomic mass is 10.4. The summed E-state index contributed by atoms with van der Waals surface area (Å²) in [5, 5.41) is 31.6. The Balaban J connectivity index is 0. The molecular weight excluding hydrogens is 134 g/mol. The molecule has 0 bridgehead atoms. The number of hydrogen-bond donors (Lipinski definition) is 3. The monoisotopic (exact) mass is 147 g/mol. The lowest BCUT2D eigenvalue weighted by Gasteiger charge is -1.96. The maximum absolute atomic E-state index is 8.17. The molecule has 3 N–H and O–H groups in total. The van der Waals surface area contributed by atoms with E-state index in [1.54, 1.807) is 0 Å². The van der Waals surface area contributed by atoms with Crippen LogP contribution in [0.1, 0.15) is 13.3 Å². The Morgan fingerprint density at radius 3 is 1.70 bits per heavy atom. The highest BCUT2D eigenvalue weighted by Gasteiger charge is 1.93. The minimum atomic E-state index is -0.954. The zero-order chi connectivity index (χ0) is 8.41. The van der Waals surface area contributed by atoms with Gasteiger partial charge in [0, 0.05) is 6.42 Å². The summed E-state index contributed by atoms with van der Waals surface area (Å²) in [6.45, 7) is 1.09. The minimum Gasteiger partial charge on any atom is -0.394 e. The van der Waals surface area contributed by atoms with Crippen LogP contribution in [0.4, 0.5) is 0 Å². The van der Waals surface area contributed by atoms with Crippen LogP contribution in [0.3, 0.4) is 0 Å². The summed E-state index contributed by atoms with van der Waals surface area (Å²) in [5.41, 5.74) is 0. The molecule has 0 aliphatic heterocycles. The van der Waals surface area contributed by atoms with Gasteiger partial charge in [-0.3, -0.25) is 0 Å². The lowest BCUT2D eigenvalue weighted by molar-refractivity contribution is 0.0450. The third-order valence-corrected chi connectivity index (χ3v) is 0.580. The van der Waals surface area contributed by atoms with Gasteiger partial charge in [-0.2, -0.15) is 5.26 Å². The van der Waals surface area contributed by atoms with Gasteiger partial charge in [0.1, 0.15) is 6.10 Å². The lowest BCUT2D eigenvalue weighted by Crippen LogP contribution is -2.15. The third kappa shape index (κ3) is 15.7. The van der Waals surface area contributed by atoms with Gasteiger partial charge in [-0.1, -0.05) is 6.92 Å². The Bertz CT molecular complexity index is 85.5. The van der Waals surface area contributed by atoms with Crippen LogP contribution in [0.15, 0.2) is 0 Å². The molecule has 0 saturated heterocycles. The molecule has 4 heteroatoms. The van der Waals surface area contributed by atoms with Crippen LogP contribution in [-0.2, 0) is 0 Å². The normalized spacial score (nSPS) is 8.00. The van der Waals surface area contributed by atoms with Crippen molar-refractivity contribution in [1.29, 1.82) is 5.26 Å². The molecule has 10 heavy (non-hydrogen) atoms. The van der Waals surface area contributed by atoms with Gasteiger partial charge in [0.05, 0.1) is 19.3 Å². The van der Waals surface area contributed by atoms with Gasteiger partial charge >= 0.3 is 0 Å². The van der Waals surface area contributed by atoms with E-state index in [0.29, 0.717) is 6.42 Å². The van der Waals surface area contributed by atoms with E-state index in [2.05, 4.69) is 0 Å². The molecule has 0 rings (SSSR count). The van der Waals surface area contributed by atoms with Crippen molar-refractivity contribution < 1.29 is 15.3 Å². The molecule has 0 radical (unpaired) electrons. The Morgan fingerprint density at radius 2 is 1.70 bits per heavy atom. The second kappa shape index (κ2) is 11.2. The molecule has 0 aromatic rings. The van der Waals surface area contributed by atoms with Crippen molar-refractivity contribution in [2.75, 3.05) is 13.2 Å². The first-order valence-electron chi connectivity index (χ1n) is 2.99. The fourth-order valence-electron chi connectivity index (χ4n) is 0.0577. The number of aliphatic hydroxyl groups excluding tert-OH is 3. The molecule has 4 nitrogen and oxygen atoms in total. The van der Waals surface area contributed by atoms with Crippen LogP contribution in [0.5, 0.6) is 0 Å². The van der Waals surface area contributed by atoms with E-state index in [1.165, 1.54) is 0 Å². The van der Waals surface area contributed by atoms with E-state index in [0.717, 1.165) is 0 Å². The van der Waals surface area contributed by atoms with E-state index in [4.69, 9.17) is 20.6 Å². The van der Waals surface area contributed by atoms with Gasteiger partial charge < -0.3 is 15.3 Å². The predicted molar refractivity (Wildman–Crippen MR) is 36.1 cm³/mol. The van der Waals surface area contributed by atoms with Crippen molar-refractivity contribution in [1.82, 2.24) is 0 Å². The fraction of sp³-hybridized carbons (Fsp3) is 0.833. The number of rotatable bonds is 2. The minimum absolute atomic E-state index is 0.365. The van der Waals surface area contributed by atoms with Crippen LogP contribution in [0.25, 0.3) is 0 Å². The topological polar surface area (TPSA) is 84.5 Å². The summed E-state index contributed by atoms with van der Waals surface area (Å²) >= 11 is 0. The first-order chi connectivity index (χ1) is 4.72. The van der Waals surface area contributed by atoms with Crippen molar-refractivity contribution in [3.05, 3.63) is 0 Å². The van der Waals surface area contributed by atoms with Crippen LogP contribution < -0.4 is 0 Å². The molecule has 0 atom stereocenters. The summed E-state index contributed by atoms with van der Waals surface area (Å²) in [6.07, 6.45) is -0.329. The van der Waals surface area contributed by atoms with E-state index in [1.807, 2.05) is 13.0 Å².